The van der Waals surface area contributed by atoms with Gasteiger partial charge in [-0.1, -0.05) is 11.6 Å². The molecule has 2 rings (SSSR count). The standard InChI is InChI=1S/C15H23ClN2OS/c1-11(15(19)13-4-5-14(16)20-13)18(3)10-12-6-8-17(2)9-7-12/h4-5,11-12H,6-10H2,1-3H3. The van der Waals surface area contributed by atoms with E-state index in [0.29, 0.717) is 10.3 Å². The Labute approximate surface area is 130 Å². The molecule has 0 saturated carbocycles. The molecule has 1 aliphatic rings. The summed E-state index contributed by atoms with van der Waals surface area (Å²) >= 11 is 7.28. The Kier molecular flexibility index (Phi) is 5.61. The maximum absolute atomic E-state index is 12.4. The Morgan fingerprint density at radius 2 is 2.15 bits per heavy atom. The highest BCUT2D eigenvalue weighted by Crippen LogP contribution is 2.24. The van der Waals surface area contributed by atoms with E-state index in [-0.39, 0.29) is 11.8 Å². The van der Waals surface area contributed by atoms with Crippen molar-refractivity contribution in [3.8, 4) is 0 Å². The zero-order valence-electron chi connectivity index (χ0n) is 12.4. The van der Waals surface area contributed by atoms with Crippen molar-refractivity contribution in [2.45, 2.75) is 25.8 Å². The average Bonchev–Trinajstić information content (AvgIpc) is 2.86. The first-order valence-corrected chi connectivity index (χ1v) is 8.35. The largest absolute Gasteiger partial charge is 0.306 e. The molecular formula is C15H23ClN2OS. The SMILES string of the molecule is CC(C(=O)c1ccc(Cl)s1)N(C)CC1CCN(C)CC1. The first-order chi connectivity index (χ1) is 9.47. The average molecular weight is 315 g/mol. The molecule has 1 fully saturated rings. The molecular weight excluding hydrogens is 292 g/mol. The lowest BCUT2D eigenvalue weighted by molar-refractivity contribution is 0.0833. The number of piperidine rings is 1. The van der Waals surface area contributed by atoms with Crippen LogP contribution < -0.4 is 0 Å². The van der Waals surface area contributed by atoms with E-state index in [2.05, 4.69) is 23.9 Å². The number of Topliss-reactive ketones (excluding diaryl/α,β-unsaturated/α-hetero) is 1. The smallest absolute Gasteiger partial charge is 0.189 e. The first-order valence-electron chi connectivity index (χ1n) is 7.15. The van der Waals surface area contributed by atoms with Crippen LogP contribution in [0, 0.1) is 5.92 Å². The van der Waals surface area contributed by atoms with Gasteiger partial charge in [-0.15, -0.1) is 11.3 Å². The van der Waals surface area contributed by atoms with Gasteiger partial charge in [0.2, 0.25) is 0 Å². The third kappa shape index (κ3) is 4.04. The minimum atomic E-state index is -0.0793. The van der Waals surface area contributed by atoms with Gasteiger partial charge in [-0.05, 0) is 65.0 Å². The molecule has 1 atom stereocenters. The van der Waals surface area contributed by atoms with Gasteiger partial charge in [0.05, 0.1) is 15.3 Å². The molecule has 1 unspecified atom stereocenters. The van der Waals surface area contributed by atoms with Gasteiger partial charge in [-0.25, -0.2) is 0 Å². The Hall–Kier alpha value is -0.420. The fourth-order valence-corrected chi connectivity index (χ4v) is 3.73. The monoisotopic (exact) mass is 314 g/mol. The van der Waals surface area contributed by atoms with Gasteiger partial charge in [0.25, 0.3) is 0 Å². The maximum atomic E-state index is 12.4. The number of halogens is 1. The topological polar surface area (TPSA) is 23.6 Å². The van der Waals surface area contributed by atoms with Crippen molar-refractivity contribution < 1.29 is 4.79 Å². The molecule has 0 bridgehead atoms. The van der Waals surface area contributed by atoms with Gasteiger partial charge in [0.15, 0.2) is 5.78 Å². The van der Waals surface area contributed by atoms with Gasteiger partial charge in [0, 0.05) is 6.54 Å². The second-order valence-electron chi connectivity index (χ2n) is 5.83. The zero-order valence-corrected chi connectivity index (χ0v) is 14.0. The van der Waals surface area contributed by atoms with Crippen LogP contribution in [0.15, 0.2) is 12.1 Å². The summed E-state index contributed by atoms with van der Waals surface area (Å²) in [4.78, 5) is 17.7. The number of carbonyl (C=O) groups is 1. The van der Waals surface area contributed by atoms with Gasteiger partial charge in [-0.3, -0.25) is 9.69 Å². The molecule has 1 saturated heterocycles. The fraction of sp³-hybridized carbons (Fsp3) is 0.667. The van der Waals surface area contributed by atoms with E-state index in [0.717, 1.165) is 11.4 Å². The van der Waals surface area contributed by atoms with E-state index >= 15 is 0 Å². The van der Waals surface area contributed by atoms with Gasteiger partial charge < -0.3 is 4.90 Å². The number of carbonyl (C=O) groups excluding carboxylic acids is 1. The van der Waals surface area contributed by atoms with Crippen molar-refractivity contribution >= 4 is 28.7 Å². The van der Waals surface area contributed by atoms with Gasteiger partial charge >= 0.3 is 0 Å². The van der Waals surface area contributed by atoms with Crippen molar-refractivity contribution in [3.05, 3.63) is 21.3 Å². The molecule has 20 heavy (non-hydrogen) atoms. The zero-order chi connectivity index (χ0) is 14.7. The van der Waals surface area contributed by atoms with Crippen LogP contribution in [0.25, 0.3) is 0 Å². The molecule has 0 radical (unpaired) electrons. The van der Waals surface area contributed by atoms with Crippen molar-refractivity contribution in [2.75, 3.05) is 33.7 Å². The summed E-state index contributed by atoms with van der Waals surface area (Å²) in [6, 6.07) is 3.54. The number of hydrogen-bond donors (Lipinski definition) is 0. The number of nitrogens with zero attached hydrogens (tertiary/aromatic N) is 2. The Morgan fingerprint density at radius 1 is 1.50 bits per heavy atom. The first kappa shape index (κ1) is 16.0. The van der Waals surface area contributed by atoms with Crippen LogP contribution in [0.2, 0.25) is 4.34 Å². The van der Waals surface area contributed by atoms with E-state index in [9.17, 15) is 4.79 Å². The highest BCUT2D eigenvalue weighted by molar-refractivity contribution is 7.18. The molecule has 3 nitrogen and oxygen atoms in total. The number of thiophene rings is 1. The van der Waals surface area contributed by atoms with Crippen LogP contribution in [0.1, 0.15) is 29.4 Å². The van der Waals surface area contributed by atoms with Crippen LogP contribution >= 0.6 is 22.9 Å². The van der Waals surface area contributed by atoms with Gasteiger partial charge in [0.1, 0.15) is 0 Å². The summed E-state index contributed by atoms with van der Waals surface area (Å²) in [5, 5.41) is 0. The summed E-state index contributed by atoms with van der Waals surface area (Å²) in [5.41, 5.74) is 0. The van der Waals surface area contributed by atoms with E-state index in [1.807, 2.05) is 13.0 Å². The van der Waals surface area contributed by atoms with E-state index in [4.69, 9.17) is 11.6 Å². The number of hydrogen-bond acceptors (Lipinski definition) is 4. The molecule has 0 amide bonds. The van der Waals surface area contributed by atoms with Crippen LogP contribution in [-0.2, 0) is 0 Å². The third-order valence-electron chi connectivity index (χ3n) is 4.24. The van der Waals surface area contributed by atoms with Crippen molar-refractivity contribution in [2.24, 2.45) is 5.92 Å². The molecule has 0 N–H and O–H groups in total. The summed E-state index contributed by atoms with van der Waals surface area (Å²) in [6.45, 7) is 5.33. The fourth-order valence-electron chi connectivity index (χ4n) is 2.66. The van der Waals surface area contributed by atoms with Crippen molar-refractivity contribution in [3.63, 3.8) is 0 Å². The lowest BCUT2D eigenvalue weighted by Gasteiger charge is -2.33. The number of rotatable bonds is 5. The Morgan fingerprint density at radius 3 is 2.70 bits per heavy atom. The van der Waals surface area contributed by atoms with E-state index in [1.165, 1.54) is 37.3 Å². The van der Waals surface area contributed by atoms with Crippen LogP contribution in [-0.4, -0.2) is 55.4 Å². The molecule has 1 aromatic heterocycles. The lowest BCUT2D eigenvalue weighted by Crippen LogP contribution is -2.41. The quantitative estimate of drug-likeness (QED) is 0.780. The van der Waals surface area contributed by atoms with Crippen molar-refractivity contribution in [1.82, 2.24) is 9.80 Å². The normalized spacial score (nSPS) is 19.4. The summed E-state index contributed by atoms with van der Waals surface area (Å²) in [7, 11) is 4.22. The molecule has 112 valence electrons. The number of likely N-dealkylation sites (N-methyl/N-ethyl adjacent to an activating group) is 1. The van der Waals surface area contributed by atoms with Crippen molar-refractivity contribution in [1.29, 1.82) is 0 Å². The minimum absolute atomic E-state index is 0.0793. The van der Waals surface area contributed by atoms with Gasteiger partial charge in [-0.2, -0.15) is 0 Å². The van der Waals surface area contributed by atoms with Crippen LogP contribution in [0.5, 0.6) is 0 Å². The second-order valence-corrected chi connectivity index (χ2v) is 7.55. The lowest BCUT2D eigenvalue weighted by atomic mass is 9.96. The molecule has 0 spiro atoms. The number of likely N-dealkylation sites (tertiary alicyclic amines) is 1. The highest BCUT2D eigenvalue weighted by Gasteiger charge is 2.24. The molecule has 1 aromatic rings. The second kappa shape index (κ2) is 7.03. The maximum Gasteiger partial charge on any atom is 0.189 e. The predicted molar refractivity (Wildman–Crippen MR) is 86.0 cm³/mol. The summed E-state index contributed by atoms with van der Waals surface area (Å²) < 4.78 is 0.679. The van der Waals surface area contributed by atoms with Crippen LogP contribution in [0.3, 0.4) is 0 Å². The highest BCUT2D eigenvalue weighted by atomic mass is 35.5. The number of ketones is 1. The Balaban J connectivity index is 1.88. The molecule has 0 aromatic carbocycles. The summed E-state index contributed by atoms with van der Waals surface area (Å²) in [6.07, 6.45) is 2.46. The Bertz CT molecular complexity index is 454. The minimum Gasteiger partial charge on any atom is -0.306 e. The molecule has 5 heteroatoms. The van der Waals surface area contributed by atoms with E-state index in [1.54, 1.807) is 6.07 Å². The van der Waals surface area contributed by atoms with Crippen LogP contribution in [0.4, 0.5) is 0 Å². The van der Waals surface area contributed by atoms with E-state index < -0.39 is 0 Å². The predicted octanol–water partition coefficient (Wildman–Crippen LogP) is 3.25. The molecule has 0 aliphatic carbocycles. The molecule has 2 heterocycles. The summed E-state index contributed by atoms with van der Waals surface area (Å²) in [5.74, 6) is 0.885. The molecule has 1 aliphatic heterocycles. The third-order valence-corrected chi connectivity index (χ3v) is 5.49.